The Hall–Kier alpha value is -3.26. The van der Waals surface area contributed by atoms with E-state index in [-0.39, 0.29) is 11.8 Å². The minimum Gasteiger partial charge on any atom is -0.464 e. The van der Waals surface area contributed by atoms with E-state index in [4.69, 9.17) is 4.74 Å². The molecule has 5 rings (SSSR count). The molecule has 7 nitrogen and oxygen atoms in total. The van der Waals surface area contributed by atoms with Crippen molar-refractivity contribution in [3.8, 4) is 0 Å². The van der Waals surface area contributed by atoms with Crippen LogP contribution in [-0.4, -0.2) is 34.4 Å². The Morgan fingerprint density at radius 3 is 2.65 bits per heavy atom. The maximum absolute atomic E-state index is 12.9. The molecule has 2 aromatic heterocycles. The Kier molecular flexibility index (Phi) is 7.29. The Bertz CT molecular complexity index is 1360. The number of aromatic nitrogens is 2. The zero-order chi connectivity index (χ0) is 26.0. The van der Waals surface area contributed by atoms with E-state index in [0.29, 0.717) is 17.5 Å². The van der Waals surface area contributed by atoms with E-state index < -0.39 is 11.5 Å². The molecule has 1 saturated carbocycles. The molecule has 0 saturated heterocycles. The third kappa shape index (κ3) is 4.99. The summed E-state index contributed by atoms with van der Waals surface area (Å²) in [6.45, 7) is 4.08. The summed E-state index contributed by atoms with van der Waals surface area (Å²) in [6, 6.07) is 11.4. The first kappa shape index (κ1) is 25.4. The van der Waals surface area contributed by atoms with Gasteiger partial charge in [-0.15, -0.1) is 0 Å². The Labute approximate surface area is 225 Å². The molecule has 8 heteroatoms. The summed E-state index contributed by atoms with van der Waals surface area (Å²) in [4.78, 5) is 34.6. The monoisotopic (exact) mass is 562 g/mol. The number of benzene rings is 1. The lowest BCUT2D eigenvalue weighted by Gasteiger charge is -2.46. The third-order valence-corrected chi connectivity index (χ3v) is 8.10. The molecule has 2 N–H and O–H groups in total. The molecule has 3 aromatic rings. The highest BCUT2D eigenvalue weighted by atomic mass is 79.9. The number of nitrogens with one attached hydrogen (secondary N) is 2. The minimum absolute atomic E-state index is 0.153. The van der Waals surface area contributed by atoms with Gasteiger partial charge < -0.3 is 15.4 Å². The highest BCUT2D eigenvalue weighted by molar-refractivity contribution is 9.12. The number of aryl methyl sites for hydroxylation is 1. The predicted octanol–water partition coefficient (Wildman–Crippen LogP) is 5.89. The van der Waals surface area contributed by atoms with Gasteiger partial charge in [-0.25, -0.2) is 9.78 Å². The van der Waals surface area contributed by atoms with Gasteiger partial charge in [-0.05, 0) is 77.8 Å². The highest BCUT2D eigenvalue weighted by Crippen LogP contribution is 2.53. The quantitative estimate of drug-likeness (QED) is 0.331. The molecule has 192 valence electrons. The van der Waals surface area contributed by atoms with Crippen molar-refractivity contribution in [3.63, 3.8) is 0 Å². The molecule has 2 aliphatic carbocycles. The van der Waals surface area contributed by atoms with Crippen molar-refractivity contribution in [2.45, 2.75) is 58.4 Å². The first-order chi connectivity index (χ1) is 17.9. The normalized spacial score (nSPS) is 17.4. The van der Waals surface area contributed by atoms with Crippen molar-refractivity contribution in [3.05, 3.63) is 70.2 Å². The molecule has 2 aliphatic rings. The van der Waals surface area contributed by atoms with Crippen LogP contribution in [0.2, 0.25) is 0 Å². The molecule has 0 aliphatic heterocycles. The van der Waals surface area contributed by atoms with E-state index in [0.717, 1.165) is 71.3 Å². The summed E-state index contributed by atoms with van der Waals surface area (Å²) in [6.07, 6.45) is 8.89. The summed E-state index contributed by atoms with van der Waals surface area (Å²) in [7, 11) is 0. The van der Waals surface area contributed by atoms with Crippen molar-refractivity contribution in [1.82, 2.24) is 15.3 Å². The molecule has 2 heterocycles. The lowest BCUT2D eigenvalue weighted by atomic mass is 9.62. The number of halogens is 1. The van der Waals surface area contributed by atoms with Crippen molar-refractivity contribution in [2.24, 2.45) is 5.41 Å². The minimum atomic E-state index is -0.582. The SMILES string of the molecule is CCOC(=O)[C@H](Cc1ccc(Nc2nc(C)cc3ccncc23)cc1)NC1=C(Br)C(=O)C12CCCCC2. The summed E-state index contributed by atoms with van der Waals surface area (Å²) >= 11 is 3.46. The van der Waals surface area contributed by atoms with Crippen LogP contribution >= 0.6 is 15.9 Å². The molecule has 1 aromatic carbocycles. The van der Waals surface area contributed by atoms with Crippen LogP contribution in [0.1, 0.15) is 50.3 Å². The summed E-state index contributed by atoms with van der Waals surface area (Å²) in [5, 5.41) is 8.85. The van der Waals surface area contributed by atoms with Gasteiger partial charge in [-0.3, -0.25) is 9.78 Å². The molecule has 37 heavy (non-hydrogen) atoms. The first-order valence-corrected chi connectivity index (χ1v) is 13.7. The number of esters is 1. The maximum atomic E-state index is 12.9. The van der Waals surface area contributed by atoms with Gasteiger partial charge in [0.15, 0.2) is 5.78 Å². The van der Waals surface area contributed by atoms with Crippen LogP contribution in [0.3, 0.4) is 0 Å². The number of pyridine rings is 2. The van der Waals surface area contributed by atoms with E-state index in [1.165, 1.54) is 0 Å². The second-order valence-electron chi connectivity index (χ2n) is 9.84. The molecule has 1 spiro atoms. The summed E-state index contributed by atoms with van der Waals surface area (Å²) in [5.41, 5.74) is 3.18. The number of hydrogen-bond donors (Lipinski definition) is 2. The summed E-state index contributed by atoms with van der Waals surface area (Å²) in [5.74, 6) is 0.595. The number of carbonyl (C=O) groups excluding carboxylic acids is 2. The highest BCUT2D eigenvalue weighted by Gasteiger charge is 2.53. The van der Waals surface area contributed by atoms with Gasteiger partial charge in [0.05, 0.1) is 16.5 Å². The fourth-order valence-electron chi connectivity index (χ4n) is 5.44. The maximum Gasteiger partial charge on any atom is 0.328 e. The van der Waals surface area contributed by atoms with Crippen molar-refractivity contribution in [1.29, 1.82) is 0 Å². The standard InChI is InChI=1S/C29H31BrN4O3/c1-3-37-28(36)23(34-25-24(30)26(35)29(25)12-5-4-6-13-29)16-19-7-9-21(10-8-19)33-27-22-17-31-14-11-20(22)15-18(2)32-27/h7-11,14-15,17,23,34H,3-6,12-13,16H2,1-2H3,(H,32,33)/t23-/m0/s1. The molecular formula is C29H31BrN4O3. The van der Waals surface area contributed by atoms with Gasteiger partial charge in [-0.2, -0.15) is 0 Å². The Morgan fingerprint density at radius 2 is 1.92 bits per heavy atom. The van der Waals surface area contributed by atoms with Gasteiger partial charge in [0.25, 0.3) is 0 Å². The van der Waals surface area contributed by atoms with E-state index in [9.17, 15) is 9.59 Å². The Morgan fingerprint density at radius 1 is 1.16 bits per heavy atom. The molecule has 0 amide bonds. The van der Waals surface area contributed by atoms with Crippen LogP contribution in [0.4, 0.5) is 11.5 Å². The molecule has 1 fully saturated rings. The molecule has 0 radical (unpaired) electrons. The second kappa shape index (κ2) is 10.6. The van der Waals surface area contributed by atoms with Crippen LogP contribution < -0.4 is 10.6 Å². The number of fused-ring (bicyclic) bond motifs is 1. The number of allylic oxidation sites excluding steroid dienone is 2. The largest absolute Gasteiger partial charge is 0.464 e. The third-order valence-electron chi connectivity index (χ3n) is 7.35. The predicted molar refractivity (Wildman–Crippen MR) is 148 cm³/mol. The van der Waals surface area contributed by atoms with Gasteiger partial charge in [0.2, 0.25) is 0 Å². The average molecular weight is 563 g/mol. The van der Waals surface area contributed by atoms with Gasteiger partial charge in [-0.1, -0.05) is 31.4 Å². The van der Waals surface area contributed by atoms with Crippen LogP contribution in [0, 0.1) is 12.3 Å². The number of Topliss-reactive ketones (excluding diaryl/α,β-unsaturated/α-hetero) is 1. The molecule has 0 bridgehead atoms. The lowest BCUT2D eigenvalue weighted by molar-refractivity contribution is -0.146. The van der Waals surface area contributed by atoms with Gasteiger partial charge in [0.1, 0.15) is 11.9 Å². The number of carbonyl (C=O) groups is 2. The van der Waals surface area contributed by atoms with Gasteiger partial charge in [0, 0.05) is 41.3 Å². The fraction of sp³-hybridized carbons (Fsp3) is 0.379. The van der Waals surface area contributed by atoms with Crippen molar-refractivity contribution in [2.75, 3.05) is 11.9 Å². The zero-order valence-electron chi connectivity index (χ0n) is 21.1. The number of rotatable bonds is 8. The number of ketones is 1. The molecule has 0 unspecified atom stereocenters. The number of nitrogens with zero attached hydrogens (tertiary/aromatic N) is 2. The van der Waals surface area contributed by atoms with E-state index >= 15 is 0 Å². The van der Waals surface area contributed by atoms with Gasteiger partial charge >= 0.3 is 5.97 Å². The van der Waals surface area contributed by atoms with Crippen molar-refractivity contribution >= 4 is 50.0 Å². The van der Waals surface area contributed by atoms with Crippen LogP contribution in [-0.2, 0) is 20.7 Å². The topological polar surface area (TPSA) is 93.2 Å². The zero-order valence-corrected chi connectivity index (χ0v) is 22.7. The van der Waals surface area contributed by atoms with E-state index in [1.54, 1.807) is 13.1 Å². The number of ether oxygens (including phenoxy) is 1. The van der Waals surface area contributed by atoms with Crippen LogP contribution in [0.5, 0.6) is 0 Å². The average Bonchev–Trinajstić information content (AvgIpc) is 2.92. The molecule has 1 atom stereocenters. The number of anilines is 2. The van der Waals surface area contributed by atoms with Crippen LogP contribution in [0.15, 0.2) is 59.0 Å². The smallest absolute Gasteiger partial charge is 0.328 e. The Balaban J connectivity index is 1.34. The summed E-state index contributed by atoms with van der Waals surface area (Å²) < 4.78 is 5.95. The second-order valence-corrected chi connectivity index (χ2v) is 10.6. The fourth-order valence-corrected chi connectivity index (χ4v) is 6.32. The molecular weight excluding hydrogens is 532 g/mol. The van der Waals surface area contributed by atoms with Crippen molar-refractivity contribution < 1.29 is 14.3 Å². The first-order valence-electron chi connectivity index (χ1n) is 12.9. The van der Waals surface area contributed by atoms with Crippen LogP contribution in [0.25, 0.3) is 10.8 Å². The lowest BCUT2D eigenvalue weighted by Crippen LogP contribution is -2.53. The number of hydrogen-bond acceptors (Lipinski definition) is 7. The van der Waals surface area contributed by atoms with E-state index in [1.807, 2.05) is 49.5 Å². The van der Waals surface area contributed by atoms with E-state index in [2.05, 4.69) is 36.5 Å².